The van der Waals surface area contributed by atoms with Crippen LogP contribution in [0.25, 0.3) is 6.08 Å². The minimum atomic E-state index is -1.24. The Bertz CT molecular complexity index is 907. The van der Waals surface area contributed by atoms with Crippen molar-refractivity contribution in [2.75, 3.05) is 27.7 Å². The zero-order valence-electron chi connectivity index (χ0n) is 17.2. The summed E-state index contributed by atoms with van der Waals surface area (Å²) in [7, 11) is 5.84. The third-order valence-electron chi connectivity index (χ3n) is 5.63. The molecule has 29 heavy (non-hydrogen) atoms. The first-order chi connectivity index (χ1) is 13.9. The van der Waals surface area contributed by atoms with Crippen molar-refractivity contribution in [3.05, 3.63) is 70.5 Å². The molecule has 0 aromatic heterocycles. The highest BCUT2D eigenvalue weighted by Gasteiger charge is 2.29. The number of carboxylic acid groups (broad SMARTS) is 1. The van der Waals surface area contributed by atoms with Crippen LogP contribution < -0.4 is 4.74 Å². The molecule has 1 aliphatic rings. The van der Waals surface area contributed by atoms with Gasteiger partial charge in [-0.1, -0.05) is 35.9 Å². The number of carbonyl (C=O) groups is 1. The summed E-state index contributed by atoms with van der Waals surface area (Å²) in [4.78, 5) is 13.4. The van der Waals surface area contributed by atoms with E-state index >= 15 is 0 Å². The number of nitrogens with zero attached hydrogens (tertiary/aromatic N) is 1. The number of carboxylic acids is 1. The molecule has 0 heterocycles. The van der Waals surface area contributed by atoms with E-state index in [1.165, 1.54) is 11.6 Å². The highest BCUT2D eigenvalue weighted by atomic mass is 19.1. The van der Waals surface area contributed by atoms with E-state index in [0.29, 0.717) is 17.4 Å². The maximum Gasteiger partial charge on any atom is 0.338 e. The van der Waals surface area contributed by atoms with Crippen molar-refractivity contribution in [1.82, 2.24) is 4.90 Å². The van der Waals surface area contributed by atoms with Crippen molar-refractivity contribution >= 4 is 12.0 Å². The lowest BCUT2D eigenvalue weighted by Crippen LogP contribution is -2.29. The average Bonchev–Trinajstić information content (AvgIpc) is 2.70. The average molecular weight is 397 g/mol. The summed E-state index contributed by atoms with van der Waals surface area (Å²) in [5.74, 6) is -0.280. The van der Waals surface area contributed by atoms with Crippen LogP contribution in [0.5, 0.6) is 5.75 Å². The first-order valence-corrected chi connectivity index (χ1v) is 9.89. The Balaban J connectivity index is 1.93. The highest BCUT2D eigenvalue weighted by Crippen LogP contribution is 2.42. The molecule has 1 saturated carbocycles. The van der Waals surface area contributed by atoms with Gasteiger partial charge in [-0.3, -0.25) is 0 Å². The van der Waals surface area contributed by atoms with Crippen LogP contribution in [-0.2, 0) is 0 Å². The first kappa shape index (κ1) is 21.1. The minimum absolute atomic E-state index is 0.287. The van der Waals surface area contributed by atoms with Gasteiger partial charge in [0.05, 0.1) is 12.7 Å². The lowest BCUT2D eigenvalue weighted by Gasteiger charge is -2.35. The molecule has 3 rings (SSSR count). The van der Waals surface area contributed by atoms with Gasteiger partial charge in [-0.25, -0.2) is 9.18 Å². The summed E-state index contributed by atoms with van der Waals surface area (Å²) in [6.45, 7) is 0.984. The number of benzene rings is 2. The lowest BCUT2D eigenvalue weighted by atomic mass is 9.73. The predicted molar refractivity (Wildman–Crippen MR) is 113 cm³/mol. The van der Waals surface area contributed by atoms with Gasteiger partial charge in [-0.15, -0.1) is 0 Å². The molecule has 2 unspecified atom stereocenters. The van der Waals surface area contributed by atoms with Crippen LogP contribution in [0, 0.1) is 11.7 Å². The van der Waals surface area contributed by atoms with Gasteiger partial charge in [0.2, 0.25) is 0 Å². The van der Waals surface area contributed by atoms with Crippen molar-refractivity contribution in [2.24, 2.45) is 5.92 Å². The summed E-state index contributed by atoms with van der Waals surface area (Å²) in [5, 5.41) is 9.18. The predicted octanol–water partition coefficient (Wildman–Crippen LogP) is 5.06. The fourth-order valence-electron chi connectivity index (χ4n) is 4.25. The molecule has 0 bridgehead atoms. The second kappa shape index (κ2) is 9.23. The number of methoxy groups -OCH3 is 1. The van der Waals surface area contributed by atoms with E-state index in [2.05, 4.69) is 31.1 Å². The van der Waals surface area contributed by atoms with Gasteiger partial charge in [0, 0.05) is 12.1 Å². The van der Waals surface area contributed by atoms with Crippen molar-refractivity contribution in [2.45, 2.75) is 25.2 Å². The molecule has 5 heteroatoms. The molecule has 2 aromatic carbocycles. The molecule has 1 N–H and O–H groups in total. The summed E-state index contributed by atoms with van der Waals surface area (Å²) in [6, 6.07) is 12.7. The normalized spacial score (nSPS) is 20.8. The van der Waals surface area contributed by atoms with Crippen molar-refractivity contribution in [1.29, 1.82) is 0 Å². The molecule has 2 atom stereocenters. The number of allylic oxidation sites excluding steroid dienone is 1. The first-order valence-electron chi connectivity index (χ1n) is 9.89. The van der Waals surface area contributed by atoms with Gasteiger partial charge in [0.15, 0.2) is 0 Å². The Morgan fingerprint density at radius 3 is 2.72 bits per heavy atom. The largest absolute Gasteiger partial charge is 0.497 e. The quantitative estimate of drug-likeness (QED) is 0.740. The summed E-state index contributed by atoms with van der Waals surface area (Å²) >= 11 is 0. The van der Waals surface area contributed by atoms with Gasteiger partial charge >= 0.3 is 5.97 Å². The van der Waals surface area contributed by atoms with Gasteiger partial charge in [0.1, 0.15) is 11.6 Å². The fourth-order valence-corrected chi connectivity index (χ4v) is 4.25. The third-order valence-corrected chi connectivity index (χ3v) is 5.63. The molecule has 0 saturated heterocycles. The Labute approximate surface area is 171 Å². The lowest BCUT2D eigenvalue weighted by molar-refractivity contribution is 0.0692. The number of hydrogen-bond donors (Lipinski definition) is 1. The van der Waals surface area contributed by atoms with E-state index in [1.54, 1.807) is 19.2 Å². The smallest absolute Gasteiger partial charge is 0.338 e. The second-order valence-electron chi connectivity index (χ2n) is 7.96. The van der Waals surface area contributed by atoms with Gasteiger partial charge in [-0.2, -0.15) is 0 Å². The van der Waals surface area contributed by atoms with E-state index in [1.807, 2.05) is 18.2 Å². The van der Waals surface area contributed by atoms with Gasteiger partial charge in [-0.05, 0) is 69.0 Å². The number of hydrogen-bond acceptors (Lipinski definition) is 3. The number of halogens is 1. The number of rotatable bonds is 6. The molecule has 1 fully saturated rings. The van der Waals surface area contributed by atoms with Crippen molar-refractivity contribution in [3.8, 4) is 5.75 Å². The van der Waals surface area contributed by atoms with E-state index in [0.717, 1.165) is 37.1 Å². The highest BCUT2D eigenvalue weighted by molar-refractivity contribution is 5.88. The van der Waals surface area contributed by atoms with Crippen LogP contribution in [-0.4, -0.2) is 43.7 Å². The molecule has 0 radical (unpaired) electrons. The van der Waals surface area contributed by atoms with E-state index in [4.69, 9.17) is 4.74 Å². The molecule has 2 aromatic rings. The monoisotopic (exact) mass is 397 g/mol. The van der Waals surface area contributed by atoms with Crippen LogP contribution in [0.1, 0.15) is 46.7 Å². The third kappa shape index (κ3) is 5.04. The molecular weight excluding hydrogens is 369 g/mol. The molecule has 0 spiro atoms. The molecular formula is C24H28FNO3. The second-order valence-corrected chi connectivity index (χ2v) is 7.96. The summed E-state index contributed by atoms with van der Waals surface area (Å²) in [5.41, 5.74) is 2.43. The summed E-state index contributed by atoms with van der Waals surface area (Å²) < 4.78 is 20.0. The number of ether oxygens (including phenoxy) is 1. The molecule has 0 aliphatic heterocycles. The van der Waals surface area contributed by atoms with Gasteiger partial charge < -0.3 is 14.7 Å². The Kier molecular flexibility index (Phi) is 6.70. The zero-order chi connectivity index (χ0) is 21.0. The van der Waals surface area contributed by atoms with Crippen molar-refractivity contribution in [3.63, 3.8) is 0 Å². The van der Waals surface area contributed by atoms with E-state index in [9.17, 15) is 14.3 Å². The summed E-state index contributed by atoms with van der Waals surface area (Å²) in [6.07, 6.45) is 4.55. The SMILES string of the molecule is COc1cccc(C2C/C(=C\c3cccc(C(=O)O)c3F)CCC2CN(C)C)c1. The maximum atomic E-state index is 14.6. The minimum Gasteiger partial charge on any atom is -0.497 e. The fraction of sp³-hybridized carbons (Fsp3) is 0.375. The van der Waals surface area contributed by atoms with Crippen LogP contribution in [0.3, 0.4) is 0 Å². The Hall–Kier alpha value is -2.66. The molecule has 0 amide bonds. The van der Waals surface area contributed by atoms with Crippen LogP contribution in [0.15, 0.2) is 48.0 Å². The molecule has 154 valence electrons. The Morgan fingerprint density at radius 1 is 1.28 bits per heavy atom. The van der Waals surface area contributed by atoms with Gasteiger partial charge in [0.25, 0.3) is 0 Å². The standard InChI is InChI=1S/C24H28FNO3/c1-26(2)15-19-11-10-16(12-18-7-5-9-21(23(18)25)24(27)28)13-22(19)17-6-4-8-20(14-17)29-3/h4-9,12,14,19,22H,10-11,13,15H2,1-3H3,(H,27,28)/b16-12-. The number of aromatic carboxylic acids is 1. The maximum absolute atomic E-state index is 14.6. The topological polar surface area (TPSA) is 49.8 Å². The Morgan fingerprint density at radius 2 is 2.03 bits per heavy atom. The zero-order valence-corrected chi connectivity index (χ0v) is 17.2. The van der Waals surface area contributed by atoms with E-state index in [-0.39, 0.29) is 5.56 Å². The van der Waals surface area contributed by atoms with Crippen LogP contribution in [0.4, 0.5) is 4.39 Å². The molecule has 4 nitrogen and oxygen atoms in total. The molecule has 1 aliphatic carbocycles. The van der Waals surface area contributed by atoms with Crippen LogP contribution in [0.2, 0.25) is 0 Å². The van der Waals surface area contributed by atoms with E-state index < -0.39 is 11.8 Å². The van der Waals surface area contributed by atoms with Crippen LogP contribution >= 0.6 is 0 Å². The van der Waals surface area contributed by atoms with Crippen molar-refractivity contribution < 1.29 is 19.0 Å².